The van der Waals surface area contributed by atoms with Gasteiger partial charge in [-0.05, 0) is 25.1 Å². The number of carbonyl (C=O) groups is 2. The number of hydrogen-bond acceptors (Lipinski definition) is 5. The second-order valence-electron chi connectivity index (χ2n) is 7.58. The summed E-state index contributed by atoms with van der Waals surface area (Å²) in [5, 5.41) is 2.89. The van der Waals surface area contributed by atoms with Gasteiger partial charge in [-0.25, -0.2) is 0 Å². The van der Waals surface area contributed by atoms with Gasteiger partial charge in [-0.2, -0.15) is 0 Å². The topological polar surface area (TPSA) is 84.4 Å². The largest absolute Gasteiger partial charge is 0.490 e. The lowest BCUT2D eigenvalue weighted by atomic mass is 9.94. The highest BCUT2D eigenvalue weighted by Crippen LogP contribution is 2.36. The van der Waals surface area contributed by atoms with Gasteiger partial charge in [-0.15, -0.1) is 0 Å². The molecule has 0 saturated heterocycles. The molecule has 1 aliphatic rings. The van der Waals surface area contributed by atoms with Crippen LogP contribution in [0.1, 0.15) is 39.3 Å². The predicted molar refractivity (Wildman–Crippen MR) is 103 cm³/mol. The number of nitrogens with zero attached hydrogens (tertiary/aromatic N) is 3. The van der Waals surface area contributed by atoms with Crippen LogP contribution in [-0.2, 0) is 9.59 Å². The van der Waals surface area contributed by atoms with Crippen molar-refractivity contribution < 1.29 is 14.3 Å². The number of benzene rings is 1. The molecule has 2 aromatic rings. The van der Waals surface area contributed by atoms with Gasteiger partial charge in [0.1, 0.15) is 12.4 Å². The fraction of sp³-hybridized carbons (Fsp3) is 0.400. The molecule has 1 aromatic carbocycles. The molecule has 0 saturated carbocycles. The monoisotopic (exact) mass is 368 g/mol. The highest BCUT2D eigenvalue weighted by Gasteiger charge is 2.32. The van der Waals surface area contributed by atoms with E-state index in [1.807, 2.05) is 20.8 Å². The Morgan fingerprint density at radius 1 is 1.26 bits per heavy atom. The highest BCUT2D eigenvalue weighted by atomic mass is 16.5. The molecule has 7 heteroatoms. The van der Waals surface area contributed by atoms with E-state index in [4.69, 9.17) is 4.74 Å². The summed E-state index contributed by atoms with van der Waals surface area (Å²) in [6.45, 7) is 8.37. The summed E-state index contributed by atoms with van der Waals surface area (Å²) >= 11 is 0. The average Bonchev–Trinajstić information content (AvgIpc) is 2.66. The molecule has 2 heterocycles. The quantitative estimate of drug-likeness (QED) is 0.900. The van der Waals surface area contributed by atoms with Crippen LogP contribution in [-0.4, -0.2) is 34.9 Å². The number of ether oxygens (including phenoxy) is 1. The van der Waals surface area contributed by atoms with E-state index < -0.39 is 11.3 Å². The number of carbonyl (C=O) groups excluding carboxylic acids is 2. The van der Waals surface area contributed by atoms with Crippen LogP contribution < -0.4 is 15.0 Å². The summed E-state index contributed by atoms with van der Waals surface area (Å²) in [5.74, 6) is 0.0152. The van der Waals surface area contributed by atoms with E-state index in [2.05, 4.69) is 15.3 Å². The third kappa shape index (κ3) is 4.07. The van der Waals surface area contributed by atoms with Gasteiger partial charge < -0.3 is 15.0 Å². The van der Waals surface area contributed by atoms with Crippen LogP contribution in [0.2, 0.25) is 0 Å². The summed E-state index contributed by atoms with van der Waals surface area (Å²) in [6.07, 6.45) is 4.71. The van der Waals surface area contributed by atoms with E-state index >= 15 is 0 Å². The summed E-state index contributed by atoms with van der Waals surface area (Å²) in [7, 11) is 0. The van der Waals surface area contributed by atoms with Gasteiger partial charge in [-0.3, -0.25) is 19.6 Å². The van der Waals surface area contributed by atoms with Crippen LogP contribution in [0.3, 0.4) is 0 Å². The Morgan fingerprint density at radius 2 is 2.04 bits per heavy atom. The lowest BCUT2D eigenvalue weighted by Crippen LogP contribution is -2.44. The molecule has 2 amide bonds. The second kappa shape index (κ2) is 7.34. The number of rotatable bonds is 3. The van der Waals surface area contributed by atoms with E-state index in [-0.39, 0.29) is 11.8 Å². The summed E-state index contributed by atoms with van der Waals surface area (Å²) < 4.78 is 5.67. The number of amides is 2. The third-order valence-corrected chi connectivity index (χ3v) is 4.40. The van der Waals surface area contributed by atoms with E-state index in [0.717, 1.165) is 0 Å². The van der Waals surface area contributed by atoms with Gasteiger partial charge in [0.15, 0.2) is 0 Å². The van der Waals surface area contributed by atoms with Crippen molar-refractivity contribution in [1.82, 2.24) is 9.97 Å². The third-order valence-electron chi connectivity index (χ3n) is 4.40. The fourth-order valence-electron chi connectivity index (χ4n) is 2.83. The Balaban J connectivity index is 1.82. The van der Waals surface area contributed by atoms with Crippen molar-refractivity contribution in [2.45, 2.75) is 33.6 Å². The van der Waals surface area contributed by atoms with Crippen LogP contribution in [0.25, 0.3) is 0 Å². The summed E-state index contributed by atoms with van der Waals surface area (Å²) in [6, 6.07) is 5.32. The van der Waals surface area contributed by atoms with Gasteiger partial charge in [0.25, 0.3) is 0 Å². The van der Waals surface area contributed by atoms with E-state index in [0.29, 0.717) is 36.0 Å². The van der Waals surface area contributed by atoms with Crippen LogP contribution in [0.5, 0.6) is 5.75 Å². The highest BCUT2D eigenvalue weighted by molar-refractivity contribution is 6.00. The first-order chi connectivity index (χ1) is 12.8. The number of hydrogen-bond donors (Lipinski definition) is 1. The molecule has 27 heavy (non-hydrogen) atoms. The molecule has 0 bridgehead atoms. The molecule has 0 aliphatic carbocycles. The van der Waals surface area contributed by atoms with Gasteiger partial charge in [0.05, 0.1) is 23.8 Å². The molecule has 1 unspecified atom stereocenters. The van der Waals surface area contributed by atoms with Crippen molar-refractivity contribution in [3.8, 4) is 5.75 Å². The van der Waals surface area contributed by atoms with Crippen LogP contribution in [0, 0.1) is 5.41 Å². The Kier molecular flexibility index (Phi) is 5.12. The average molecular weight is 368 g/mol. The lowest BCUT2D eigenvalue weighted by molar-refractivity contribution is -0.126. The van der Waals surface area contributed by atoms with E-state index in [1.165, 1.54) is 0 Å². The Bertz CT molecular complexity index is 846. The molecule has 7 nitrogen and oxygen atoms in total. The molecule has 3 rings (SSSR count). The molecular formula is C20H24N4O3. The molecule has 1 aliphatic heterocycles. The van der Waals surface area contributed by atoms with Crippen molar-refractivity contribution in [2.75, 3.05) is 23.4 Å². The van der Waals surface area contributed by atoms with E-state index in [9.17, 15) is 9.59 Å². The SMILES string of the molecule is CC(C(=O)Nc1ccc2c(c1)N(C(=O)C(C)(C)C)CCO2)c1cnccn1. The van der Waals surface area contributed by atoms with Gasteiger partial charge in [0.2, 0.25) is 11.8 Å². The van der Waals surface area contributed by atoms with Crippen molar-refractivity contribution in [2.24, 2.45) is 5.41 Å². The van der Waals surface area contributed by atoms with Crippen LogP contribution in [0.15, 0.2) is 36.8 Å². The zero-order valence-electron chi connectivity index (χ0n) is 16.0. The summed E-state index contributed by atoms with van der Waals surface area (Å²) in [4.78, 5) is 35.2. The Morgan fingerprint density at radius 3 is 2.70 bits per heavy atom. The molecule has 0 spiro atoms. The predicted octanol–water partition coefficient (Wildman–Crippen LogP) is 2.99. The maximum absolute atomic E-state index is 12.8. The molecule has 0 fully saturated rings. The maximum atomic E-state index is 12.8. The molecular weight excluding hydrogens is 344 g/mol. The fourth-order valence-corrected chi connectivity index (χ4v) is 2.83. The number of nitrogens with one attached hydrogen (secondary N) is 1. The smallest absolute Gasteiger partial charge is 0.233 e. The zero-order valence-corrected chi connectivity index (χ0v) is 16.0. The molecule has 0 radical (unpaired) electrons. The number of anilines is 2. The zero-order chi connectivity index (χ0) is 19.6. The first-order valence-electron chi connectivity index (χ1n) is 8.93. The maximum Gasteiger partial charge on any atom is 0.233 e. The van der Waals surface area contributed by atoms with Crippen LogP contribution >= 0.6 is 0 Å². The minimum absolute atomic E-state index is 0.0171. The van der Waals surface area contributed by atoms with Gasteiger partial charge in [-0.1, -0.05) is 20.8 Å². The van der Waals surface area contributed by atoms with Crippen molar-refractivity contribution in [3.05, 3.63) is 42.5 Å². The molecule has 142 valence electrons. The van der Waals surface area contributed by atoms with Crippen molar-refractivity contribution in [1.29, 1.82) is 0 Å². The number of fused-ring (bicyclic) bond motifs is 1. The first-order valence-corrected chi connectivity index (χ1v) is 8.93. The Hall–Kier alpha value is -2.96. The minimum atomic E-state index is -0.506. The Labute approximate surface area is 158 Å². The van der Waals surface area contributed by atoms with Crippen molar-refractivity contribution in [3.63, 3.8) is 0 Å². The minimum Gasteiger partial charge on any atom is -0.490 e. The summed E-state index contributed by atoms with van der Waals surface area (Å²) in [5.41, 5.74) is 1.37. The molecule has 1 atom stereocenters. The van der Waals surface area contributed by atoms with Gasteiger partial charge >= 0.3 is 0 Å². The van der Waals surface area contributed by atoms with Crippen LogP contribution in [0.4, 0.5) is 11.4 Å². The second-order valence-corrected chi connectivity index (χ2v) is 7.58. The number of aromatic nitrogens is 2. The molecule has 1 N–H and O–H groups in total. The first kappa shape index (κ1) is 18.8. The van der Waals surface area contributed by atoms with E-state index in [1.54, 1.807) is 48.6 Å². The molecule has 1 aromatic heterocycles. The standard InChI is InChI=1S/C20H24N4O3/c1-13(15-12-21-7-8-22-15)18(25)23-14-5-6-17-16(11-14)24(9-10-27-17)19(26)20(2,3)4/h5-8,11-13H,9-10H2,1-4H3,(H,23,25). The normalized spacial score (nSPS) is 14.7. The van der Waals surface area contributed by atoms with Crippen molar-refractivity contribution >= 4 is 23.2 Å². The lowest BCUT2D eigenvalue weighted by Gasteiger charge is -2.34. The van der Waals surface area contributed by atoms with Gasteiger partial charge in [0, 0.05) is 29.7 Å².